The third-order valence-corrected chi connectivity index (χ3v) is 3.68. The molecule has 1 atom stereocenters. The minimum absolute atomic E-state index is 0.0261. The van der Waals surface area contributed by atoms with Crippen LogP contribution in [0.5, 0.6) is 5.75 Å². The van der Waals surface area contributed by atoms with E-state index in [9.17, 15) is 10.1 Å². The first-order valence-electron chi connectivity index (χ1n) is 7.79. The van der Waals surface area contributed by atoms with Crippen LogP contribution in [0.2, 0.25) is 0 Å². The number of Topliss-reactive ketones (excluding diaryl/α,β-unsaturated/α-hetero) is 1. The Labute approximate surface area is 127 Å². The van der Waals surface area contributed by atoms with Crippen molar-refractivity contribution in [2.75, 3.05) is 7.11 Å². The number of hydrogen-bond acceptors (Lipinski definition) is 3. The van der Waals surface area contributed by atoms with E-state index in [1.165, 1.54) is 25.7 Å². The van der Waals surface area contributed by atoms with Crippen LogP contribution in [0.25, 0.3) is 0 Å². The fourth-order valence-electron chi connectivity index (χ4n) is 2.35. The van der Waals surface area contributed by atoms with Gasteiger partial charge in [-0.25, -0.2) is 0 Å². The Bertz CT molecular complexity index is 459. The lowest BCUT2D eigenvalue weighted by molar-refractivity contribution is -0.119. The molecule has 0 fully saturated rings. The molecular formula is C18H25NO2. The Morgan fingerprint density at radius 1 is 1.14 bits per heavy atom. The molecule has 3 heteroatoms. The second-order valence-corrected chi connectivity index (χ2v) is 5.32. The molecule has 1 rings (SSSR count). The van der Waals surface area contributed by atoms with Gasteiger partial charge in [0, 0.05) is 6.42 Å². The first kappa shape index (κ1) is 17.2. The van der Waals surface area contributed by atoms with Crippen molar-refractivity contribution >= 4 is 5.78 Å². The molecule has 0 N–H and O–H groups in total. The summed E-state index contributed by atoms with van der Waals surface area (Å²) in [6.07, 6.45) is 7.37. The molecule has 1 unspecified atom stereocenters. The predicted octanol–water partition coefficient (Wildman–Crippen LogP) is 4.62. The van der Waals surface area contributed by atoms with Gasteiger partial charge in [-0.05, 0) is 24.1 Å². The van der Waals surface area contributed by atoms with E-state index in [2.05, 4.69) is 13.0 Å². The number of hydrogen-bond donors (Lipinski definition) is 0. The van der Waals surface area contributed by atoms with Gasteiger partial charge >= 0.3 is 0 Å². The minimum atomic E-state index is -0.647. The van der Waals surface area contributed by atoms with Crippen LogP contribution in [0, 0.1) is 11.3 Å². The Morgan fingerprint density at radius 2 is 1.76 bits per heavy atom. The van der Waals surface area contributed by atoms with Crippen molar-refractivity contribution in [3.8, 4) is 11.8 Å². The molecule has 114 valence electrons. The lowest BCUT2D eigenvalue weighted by Crippen LogP contribution is -2.10. The van der Waals surface area contributed by atoms with E-state index in [1.807, 2.05) is 0 Å². The zero-order valence-electron chi connectivity index (χ0n) is 13.1. The lowest BCUT2D eigenvalue weighted by atomic mass is 9.93. The molecule has 0 bridgehead atoms. The zero-order chi connectivity index (χ0) is 15.5. The smallest absolute Gasteiger partial charge is 0.154 e. The van der Waals surface area contributed by atoms with E-state index in [0.717, 1.165) is 24.2 Å². The van der Waals surface area contributed by atoms with E-state index in [4.69, 9.17) is 4.74 Å². The van der Waals surface area contributed by atoms with E-state index < -0.39 is 5.92 Å². The molecule has 0 radical (unpaired) electrons. The highest BCUT2D eigenvalue weighted by Crippen LogP contribution is 2.22. The van der Waals surface area contributed by atoms with Gasteiger partial charge in [-0.15, -0.1) is 0 Å². The maximum atomic E-state index is 12.2. The van der Waals surface area contributed by atoms with Gasteiger partial charge in [0.15, 0.2) is 5.78 Å². The molecule has 1 aromatic rings. The van der Waals surface area contributed by atoms with Crippen LogP contribution in [0.15, 0.2) is 24.3 Å². The fourth-order valence-corrected chi connectivity index (χ4v) is 2.35. The summed E-state index contributed by atoms with van der Waals surface area (Å²) in [5.41, 5.74) is 0.759. The molecule has 0 spiro atoms. The maximum absolute atomic E-state index is 12.2. The summed E-state index contributed by atoms with van der Waals surface area (Å²) in [6, 6.07) is 9.30. The third-order valence-electron chi connectivity index (χ3n) is 3.68. The van der Waals surface area contributed by atoms with Crippen molar-refractivity contribution < 1.29 is 9.53 Å². The van der Waals surface area contributed by atoms with Gasteiger partial charge in [0.2, 0.25) is 0 Å². The summed E-state index contributed by atoms with van der Waals surface area (Å²) in [4.78, 5) is 12.2. The van der Waals surface area contributed by atoms with Crippen molar-refractivity contribution in [2.45, 2.75) is 57.8 Å². The molecule has 0 heterocycles. The monoisotopic (exact) mass is 287 g/mol. The summed E-state index contributed by atoms with van der Waals surface area (Å²) < 4.78 is 5.09. The first-order valence-corrected chi connectivity index (χ1v) is 7.79. The molecular weight excluding hydrogens is 262 g/mol. The molecule has 21 heavy (non-hydrogen) atoms. The van der Waals surface area contributed by atoms with Crippen LogP contribution in [0.1, 0.15) is 63.4 Å². The topological polar surface area (TPSA) is 50.1 Å². The number of nitriles is 1. The van der Waals surface area contributed by atoms with E-state index in [-0.39, 0.29) is 5.78 Å². The van der Waals surface area contributed by atoms with Gasteiger partial charge in [-0.2, -0.15) is 5.26 Å². The highest BCUT2D eigenvalue weighted by atomic mass is 16.5. The van der Waals surface area contributed by atoms with Crippen molar-refractivity contribution in [1.29, 1.82) is 5.26 Å². The van der Waals surface area contributed by atoms with E-state index in [1.54, 1.807) is 31.4 Å². The van der Waals surface area contributed by atoms with Crippen LogP contribution in [-0.2, 0) is 4.79 Å². The molecule has 1 aromatic carbocycles. The largest absolute Gasteiger partial charge is 0.497 e. The van der Waals surface area contributed by atoms with Gasteiger partial charge in [-0.1, -0.05) is 51.2 Å². The SMILES string of the molecule is CCCCCCCCC(=O)C(C#N)c1ccc(OC)cc1. The predicted molar refractivity (Wildman–Crippen MR) is 84.3 cm³/mol. The quantitative estimate of drug-likeness (QED) is 0.590. The second kappa shape index (κ2) is 9.99. The van der Waals surface area contributed by atoms with Crippen LogP contribution >= 0.6 is 0 Å². The van der Waals surface area contributed by atoms with E-state index in [0.29, 0.717) is 6.42 Å². The Morgan fingerprint density at radius 3 is 2.33 bits per heavy atom. The number of methoxy groups -OCH3 is 1. The highest BCUT2D eigenvalue weighted by Gasteiger charge is 2.19. The van der Waals surface area contributed by atoms with Gasteiger partial charge in [0.05, 0.1) is 13.2 Å². The normalized spacial score (nSPS) is 11.7. The molecule has 0 saturated carbocycles. The number of ether oxygens (including phenoxy) is 1. The number of rotatable bonds is 10. The zero-order valence-corrected chi connectivity index (χ0v) is 13.1. The molecule has 0 aromatic heterocycles. The maximum Gasteiger partial charge on any atom is 0.154 e. The summed E-state index contributed by atoms with van der Waals surface area (Å²) in [5, 5.41) is 9.25. The van der Waals surface area contributed by atoms with E-state index >= 15 is 0 Å². The lowest BCUT2D eigenvalue weighted by Gasteiger charge is -2.09. The summed E-state index contributed by atoms with van der Waals surface area (Å²) in [5.74, 6) is 0.114. The Balaban J connectivity index is 2.44. The number of carbonyl (C=O) groups is 1. The van der Waals surface area contributed by atoms with Crippen LogP contribution in [0.3, 0.4) is 0 Å². The van der Waals surface area contributed by atoms with Crippen LogP contribution in [-0.4, -0.2) is 12.9 Å². The highest BCUT2D eigenvalue weighted by molar-refractivity contribution is 5.88. The second-order valence-electron chi connectivity index (χ2n) is 5.32. The van der Waals surface area contributed by atoms with Crippen LogP contribution in [0.4, 0.5) is 0 Å². The van der Waals surface area contributed by atoms with Crippen LogP contribution < -0.4 is 4.74 Å². The van der Waals surface area contributed by atoms with Gasteiger partial charge in [0.25, 0.3) is 0 Å². The van der Waals surface area contributed by atoms with Crippen molar-refractivity contribution in [3.05, 3.63) is 29.8 Å². The molecule has 0 aliphatic carbocycles. The summed E-state index contributed by atoms with van der Waals surface area (Å²) in [6.45, 7) is 2.19. The molecule has 0 amide bonds. The first-order chi connectivity index (χ1) is 10.2. The Kier molecular flexibility index (Phi) is 8.19. The average Bonchev–Trinajstić information content (AvgIpc) is 2.52. The van der Waals surface area contributed by atoms with Crippen molar-refractivity contribution in [3.63, 3.8) is 0 Å². The van der Waals surface area contributed by atoms with Crippen molar-refractivity contribution in [1.82, 2.24) is 0 Å². The minimum Gasteiger partial charge on any atom is -0.497 e. The number of nitrogens with zero attached hydrogens (tertiary/aromatic N) is 1. The number of benzene rings is 1. The Hall–Kier alpha value is -1.82. The number of carbonyl (C=O) groups excluding carboxylic acids is 1. The molecule has 0 aliphatic rings. The fraction of sp³-hybridized carbons (Fsp3) is 0.556. The average molecular weight is 287 g/mol. The standard InChI is InChI=1S/C18H25NO2/c1-3-4-5-6-7-8-9-18(20)17(14-19)15-10-12-16(21-2)13-11-15/h10-13,17H,3-9H2,1-2H3. The number of ketones is 1. The summed E-state index contributed by atoms with van der Waals surface area (Å²) >= 11 is 0. The van der Waals surface area contributed by atoms with Gasteiger partial charge in [-0.3, -0.25) is 4.79 Å². The number of unbranched alkanes of at least 4 members (excludes halogenated alkanes) is 5. The summed E-state index contributed by atoms with van der Waals surface area (Å²) in [7, 11) is 1.60. The van der Waals surface area contributed by atoms with Gasteiger partial charge < -0.3 is 4.74 Å². The molecule has 0 aliphatic heterocycles. The molecule has 0 saturated heterocycles. The third kappa shape index (κ3) is 5.99. The van der Waals surface area contributed by atoms with Crippen molar-refractivity contribution in [2.24, 2.45) is 0 Å². The van der Waals surface area contributed by atoms with Gasteiger partial charge in [0.1, 0.15) is 11.7 Å². The molecule has 3 nitrogen and oxygen atoms in total.